The van der Waals surface area contributed by atoms with Crippen LogP contribution in [0.2, 0.25) is 0 Å². The van der Waals surface area contributed by atoms with Crippen LogP contribution in [0.25, 0.3) is 10.9 Å². The second-order valence-electron chi connectivity index (χ2n) is 8.10. The SMILES string of the molecule is O=C(O)C(CS)NC(=O)C(Cc1c[nH]c2ccccc12)NC(=O)C(CO)NC(=O)C1CCCN1. The van der Waals surface area contributed by atoms with Gasteiger partial charge in [0.05, 0.1) is 12.6 Å². The first-order chi connectivity index (χ1) is 16.3. The summed E-state index contributed by atoms with van der Waals surface area (Å²) in [6.07, 6.45) is 3.21. The van der Waals surface area contributed by atoms with Crippen molar-refractivity contribution in [2.45, 2.75) is 43.4 Å². The van der Waals surface area contributed by atoms with E-state index in [-0.39, 0.29) is 12.2 Å². The summed E-state index contributed by atoms with van der Waals surface area (Å²) < 4.78 is 0. The average Bonchev–Trinajstić information content (AvgIpc) is 3.50. The Morgan fingerprint density at radius 1 is 1.06 bits per heavy atom. The molecule has 2 heterocycles. The Morgan fingerprint density at radius 2 is 1.76 bits per heavy atom. The summed E-state index contributed by atoms with van der Waals surface area (Å²) in [6.45, 7) is 0.0247. The number of H-pyrrole nitrogens is 1. The first kappa shape index (κ1) is 25.5. The summed E-state index contributed by atoms with van der Waals surface area (Å²) in [5.41, 5.74) is 1.57. The average molecular weight is 492 g/mol. The van der Waals surface area contributed by atoms with Gasteiger partial charge in [-0.05, 0) is 31.0 Å². The number of thiol groups is 1. The molecule has 1 aliphatic heterocycles. The molecule has 3 rings (SSSR count). The van der Waals surface area contributed by atoms with E-state index in [0.717, 1.165) is 22.9 Å². The number of nitrogens with one attached hydrogen (secondary N) is 5. The molecule has 12 heteroatoms. The van der Waals surface area contributed by atoms with E-state index in [2.05, 4.69) is 38.9 Å². The predicted octanol–water partition coefficient (Wildman–Crippen LogP) is -1.08. The van der Waals surface area contributed by atoms with E-state index < -0.39 is 54.5 Å². The zero-order chi connectivity index (χ0) is 24.7. The van der Waals surface area contributed by atoms with Gasteiger partial charge in [-0.3, -0.25) is 14.4 Å². The summed E-state index contributed by atoms with van der Waals surface area (Å²) in [6, 6.07) is 3.28. The van der Waals surface area contributed by atoms with Crippen LogP contribution in [-0.4, -0.2) is 82.0 Å². The lowest BCUT2D eigenvalue weighted by molar-refractivity contribution is -0.141. The minimum Gasteiger partial charge on any atom is -0.480 e. The molecule has 0 aliphatic carbocycles. The second kappa shape index (κ2) is 11.9. The Kier molecular flexibility index (Phi) is 8.91. The molecule has 184 valence electrons. The Morgan fingerprint density at radius 3 is 2.41 bits per heavy atom. The van der Waals surface area contributed by atoms with Gasteiger partial charge in [-0.15, -0.1) is 0 Å². The maximum Gasteiger partial charge on any atom is 0.327 e. The van der Waals surface area contributed by atoms with Crippen molar-refractivity contribution in [1.29, 1.82) is 0 Å². The van der Waals surface area contributed by atoms with E-state index in [1.807, 2.05) is 24.3 Å². The summed E-state index contributed by atoms with van der Waals surface area (Å²) >= 11 is 3.96. The van der Waals surface area contributed by atoms with Gasteiger partial charge in [0.15, 0.2) is 0 Å². The van der Waals surface area contributed by atoms with Crippen LogP contribution in [0.15, 0.2) is 30.5 Å². The van der Waals surface area contributed by atoms with Crippen LogP contribution in [0.1, 0.15) is 18.4 Å². The van der Waals surface area contributed by atoms with Gasteiger partial charge in [0.25, 0.3) is 0 Å². The molecule has 4 unspecified atom stereocenters. The molecule has 0 saturated carbocycles. The van der Waals surface area contributed by atoms with Crippen molar-refractivity contribution < 1.29 is 29.4 Å². The summed E-state index contributed by atoms with van der Waals surface area (Å²) in [5.74, 6) is -3.29. The number of aliphatic carboxylic acids is 1. The van der Waals surface area contributed by atoms with Crippen molar-refractivity contribution in [2.24, 2.45) is 0 Å². The van der Waals surface area contributed by atoms with Crippen molar-refractivity contribution in [2.75, 3.05) is 18.9 Å². The van der Waals surface area contributed by atoms with Crippen molar-refractivity contribution in [3.8, 4) is 0 Å². The molecule has 4 atom stereocenters. The Bertz CT molecular complexity index is 1040. The number of hydrogen-bond acceptors (Lipinski definition) is 7. The van der Waals surface area contributed by atoms with Crippen LogP contribution >= 0.6 is 12.6 Å². The largest absolute Gasteiger partial charge is 0.480 e. The number of carboxylic acid groups (broad SMARTS) is 1. The minimum atomic E-state index is -1.27. The van der Waals surface area contributed by atoms with E-state index >= 15 is 0 Å². The number of aromatic nitrogens is 1. The van der Waals surface area contributed by atoms with Gasteiger partial charge in [0.2, 0.25) is 17.7 Å². The fourth-order valence-corrected chi connectivity index (χ4v) is 4.08. The third-order valence-corrected chi connectivity index (χ3v) is 6.09. The predicted molar refractivity (Wildman–Crippen MR) is 127 cm³/mol. The van der Waals surface area contributed by atoms with Gasteiger partial charge in [-0.2, -0.15) is 12.6 Å². The molecule has 1 saturated heterocycles. The van der Waals surface area contributed by atoms with Gasteiger partial charge < -0.3 is 36.5 Å². The van der Waals surface area contributed by atoms with Gasteiger partial charge in [0.1, 0.15) is 18.1 Å². The topological polar surface area (TPSA) is 173 Å². The highest BCUT2D eigenvalue weighted by molar-refractivity contribution is 7.80. The molecule has 7 N–H and O–H groups in total. The number of fused-ring (bicyclic) bond motifs is 1. The van der Waals surface area contributed by atoms with Crippen LogP contribution in [0.5, 0.6) is 0 Å². The maximum atomic E-state index is 13.0. The standard InChI is InChI=1S/C22H29N5O6S/c28-10-17(26-19(29)15-6-3-7-23-15)21(31)25-16(20(30)27-18(11-34)22(32)33)8-12-9-24-14-5-2-1-4-13(12)14/h1-2,4-5,9,15-18,23-24,28,34H,3,6-8,10-11H2,(H,25,31)(H,26,29)(H,27,30)(H,32,33). The molecular formula is C22H29N5O6S. The highest BCUT2D eigenvalue weighted by Gasteiger charge is 2.31. The number of para-hydroxylation sites is 1. The summed E-state index contributed by atoms with van der Waals surface area (Å²) in [4.78, 5) is 52.7. The van der Waals surface area contributed by atoms with Crippen LogP contribution < -0.4 is 21.3 Å². The number of rotatable bonds is 11. The molecule has 34 heavy (non-hydrogen) atoms. The fourth-order valence-electron chi connectivity index (χ4n) is 3.83. The zero-order valence-electron chi connectivity index (χ0n) is 18.4. The molecule has 1 aliphatic rings. The second-order valence-corrected chi connectivity index (χ2v) is 8.46. The fraction of sp³-hybridized carbons (Fsp3) is 0.455. The third-order valence-electron chi connectivity index (χ3n) is 5.72. The smallest absolute Gasteiger partial charge is 0.327 e. The lowest BCUT2D eigenvalue weighted by Gasteiger charge is -2.24. The number of hydrogen-bond donors (Lipinski definition) is 8. The molecule has 1 aromatic heterocycles. The molecule has 3 amide bonds. The number of aromatic amines is 1. The first-order valence-corrected chi connectivity index (χ1v) is 11.6. The third kappa shape index (κ3) is 6.27. The maximum absolute atomic E-state index is 13.0. The van der Waals surface area contributed by atoms with Gasteiger partial charge >= 0.3 is 5.97 Å². The number of amides is 3. The van der Waals surface area contributed by atoms with Crippen LogP contribution in [0, 0.1) is 0 Å². The van der Waals surface area contributed by atoms with Crippen LogP contribution in [0.3, 0.4) is 0 Å². The van der Waals surface area contributed by atoms with E-state index in [0.29, 0.717) is 13.0 Å². The van der Waals surface area contributed by atoms with Crippen molar-refractivity contribution in [1.82, 2.24) is 26.3 Å². The number of benzene rings is 1. The molecule has 1 aromatic carbocycles. The Hall–Kier alpha value is -3.09. The van der Waals surface area contributed by atoms with E-state index in [4.69, 9.17) is 0 Å². The summed E-state index contributed by atoms with van der Waals surface area (Å²) in [7, 11) is 0. The van der Waals surface area contributed by atoms with Crippen molar-refractivity contribution in [3.63, 3.8) is 0 Å². The highest BCUT2D eigenvalue weighted by atomic mass is 32.1. The van der Waals surface area contributed by atoms with Crippen molar-refractivity contribution in [3.05, 3.63) is 36.0 Å². The van der Waals surface area contributed by atoms with Gasteiger partial charge in [-0.1, -0.05) is 18.2 Å². The van der Waals surface area contributed by atoms with Crippen LogP contribution in [0.4, 0.5) is 0 Å². The van der Waals surface area contributed by atoms with E-state index in [1.165, 1.54) is 0 Å². The molecule has 2 aromatic rings. The number of carboxylic acids is 1. The van der Waals surface area contributed by atoms with E-state index in [9.17, 15) is 29.4 Å². The number of carbonyl (C=O) groups excluding carboxylic acids is 3. The monoisotopic (exact) mass is 491 g/mol. The summed E-state index contributed by atoms with van der Waals surface area (Å²) in [5, 5.41) is 30.3. The first-order valence-electron chi connectivity index (χ1n) is 11.0. The molecule has 11 nitrogen and oxygen atoms in total. The van der Waals surface area contributed by atoms with Gasteiger partial charge in [-0.25, -0.2) is 4.79 Å². The lowest BCUT2D eigenvalue weighted by Crippen LogP contribution is -2.58. The number of aliphatic hydroxyl groups excluding tert-OH is 1. The zero-order valence-corrected chi connectivity index (χ0v) is 19.3. The molecular weight excluding hydrogens is 462 g/mol. The lowest BCUT2D eigenvalue weighted by atomic mass is 10.0. The molecule has 0 radical (unpaired) electrons. The highest BCUT2D eigenvalue weighted by Crippen LogP contribution is 2.19. The van der Waals surface area contributed by atoms with E-state index in [1.54, 1.807) is 6.20 Å². The number of aliphatic hydroxyl groups is 1. The molecule has 0 bridgehead atoms. The number of carbonyl (C=O) groups is 4. The Balaban J connectivity index is 1.77. The quantitative estimate of drug-likeness (QED) is 0.185. The van der Waals surface area contributed by atoms with Crippen LogP contribution in [-0.2, 0) is 25.6 Å². The molecule has 0 spiro atoms. The Labute approximate surface area is 201 Å². The van der Waals surface area contributed by atoms with Crippen molar-refractivity contribution >= 4 is 47.2 Å². The normalized spacial score (nSPS) is 18.1. The van der Waals surface area contributed by atoms with Gasteiger partial charge in [0, 0.05) is 29.3 Å². The molecule has 1 fully saturated rings. The minimum absolute atomic E-state index is 0.0524.